The van der Waals surface area contributed by atoms with Crippen LogP contribution in [0.2, 0.25) is 0 Å². The number of ether oxygens (including phenoxy) is 2. The summed E-state index contributed by atoms with van der Waals surface area (Å²) in [6, 6.07) is 1.52. The predicted octanol–water partition coefficient (Wildman–Crippen LogP) is 0.266. The van der Waals surface area contributed by atoms with Gasteiger partial charge in [-0.1, -0.05) is 0 Å². The Bertz CT molecular complexity index is 769. The van der Waals surface area contributed by atoms with E-state index in [1.54, 1.807) is 10.8 Å². The lowest BCUT2D eigenvalue weighted by molar-refractivity contribution is 0.00578. The molecule has 0 spiro atoms. The second-order valence-electron chi connectivity index (χ2n) is 8.22. The van der Waals surface area contributed by atoms with E-state index in [9.17, 15) is 9.59 Å². The zero-order chi connectivity index (χ0) is 20.5. The number of pyridine rings is 1. The Morgan fingerprint density at radius 3 is 2.32 bits per heavy atom. The van der Waals surface area contributed by atoms with Gasteiger partial charge in [-0.3, -0.25) is 9.69 Å². The highest BCUT2D eigenvalue weighted by Crippen LogP contribution is 2.36. The van der Waals surface area contributed by atoms with Gasteiger partial charge < -0.3 is 23.3 Å². The minimum absolute atomic E-state index is 0.0170. The highest BCUT2D eigenvalue weighted by molar-refractivity contribution is 6.62. The van der Waals surface area contributed by atoms with E-state index in [1.165, 1.54) is 13.2 Å². The number of esters is 1. The standard InChI is InChI=1S/C19H29BN2O6/c1-18(2)19(3,4)28-20(27-18)14-12-15(17(24)25-5)16(23)22(13-14)7-6-21-8-10-26-11-9-21/h12-13H,6-11H2,1-5H3. The topological polar surface area (TPSA) is 79.2 Å². The molecule has 0 saturated carbocycles. The number of carbonyl (C=O) groups excluding carboxylic acids is 1. The molecule has 3 rings (SSSR count). The lowest BCUT2D eigenvalue weighted by atomic mass is 9.79. The number of hydrogen-bond acceptors (Lipinski definition) is 7. The Morgan fingerprint density at radius 1 is 1.14 bits per heavy atom. The molecular weight excluding hydrogens is 363 g/mol. The van der Waals surface area contributed by atoms with Crippen LogP contribution in [0.15, 0.2) is 17.1 Å². The fraction of sp³-hybridized carbons (Fsp3) is 0.684. The molecule has 0 atom stereocenters. The molecule has 2 aliphatic heterocycles. The predicted molar refractivity (Wildman–Crippen MR) is 105 cm³/mol. The van der Waals surface area contributed by atoms with Gasteiger partial charge in [-0.15, -0.1) is 0 Å². The monoisotopic (exact) mass is 392 g/mol. The van der Waals surface area contributed by atoms with Crippen LogP contribution in [0.4, 0.5) is 0 Å². The Balaban J connectivity index is 1.90. The van der Waals surface area contributed by atoms with Crippen LogP contribution in [0, 0.1) is 0 Å². The van der Waals surface area contributed by atoms with Crippen molar-refractivity contribution < 1.29 is 23.6 Å². The van der Waals surface area contributed by atoms with Crippen molar-refractivity contribution in [2.45, 2.75) is 45.4 Å². The van der Waals surface area contributed by atoms with Crippen molar-refractivity contribution >= 4 is 18.6 Å². The van der Waals surface area contributed by atoms with Gasteiger partial charge in [0.1, 0.15) is 5.56 Å². The van der Waals surface area contributed by atoms with E-state index in [1.807, 2.05) is 27.7 Å². The number of nitrogens with zero attached hydrogens (tertiary/aromatic N) is 2. The zero-order valence-corrected chi connectivity index (χ0v) is 17.3. The summed E-state index contributed by atoms with van der Waals surface area (Å²) in [5, 5.41) is 0. The van der Waals surface area contributed by atoms with Crippen LogP contribution in [-0.4, -0.2) is 73.7 Å². The smallest absolute Gasteiger partial charge is 0.465 e. The molecule has 2 saturated heterocycles. The van der Waals surface area contributed by atoms with E-state index in [0.29, 0.717) is 31.8 Å². The highest BCUT2D eigenvalue weighted by Gasteiger charge is 2.52. The molecule has 2 aliphatic rings. The normalized spacial score (nSPS) is 21.7. The maximum atomic E-state index is 12.8. The summed E-state index contributed by atoms with van der Waals surface area (Å²) in [7, 11) is 0.602. The molecule has 1 aromatic rings. The first-order valence-corrected chi connectivity index (χ1v) is 9.63. The lowest BCUT2D eigenvalue weighted by Gasteiger charge is -2.32. The number of methoxy groups -OCH3 is 1. The van der Waals surface area contributed by atoms with Crippen LogP contribution in [0.3, 0.4) is 0 Å². The van der Waals surface area contributed by atoms with E-state index in [4.69, 9.17) is 18.8 Å². The first-order chi connectivity index (χ1) is 13.1. The van der Waals surface area contributed by atoms with E-state index < -0.39 is 24.3 Å². The van der Waals surface area contributed by atoms with Crippen LogP contribution in [0.25, 0.3) is 0 Å². The summed E-state index contributed by atoms with van der Waals surface area (Å²) < 4.78 is 23.9. The summed E-state index contributed by atoms with van der Waals surface area (Å²) >= 11 is 0. The van der Waals surface area contributed by atoms with E-state index in [0.717, 1.165) is 13.1 Å². The fourth-order valence-electron chi connectivity index (χ4n) is 3.26. The van der Waals surface area contributed by atoms with Crippen molar-refractivity contribution in [1.29, 1.82) is 0 Å². The molecule has 0 bridgehead atoms. The number of rotatable bonds is 5. The van der Waals surface area contributed by atoms with Crippen molar-refractivity contribution in [2.24, 2.45) is 0 Å². The molecule has 1 aromatic heterocycles. The number of carbonyl (C=O) groups is 1. The summed E-state index contributed by atoms with van der Waals surface area (Å²) in [5.41, 5.74) is -0.798. The third kappa shape index (κ3) is 4.17. The Labute approximate surface area is 165 Å². The molecule has 3 heterocycles. The van der Waals surface area contributed by atoms with E-state index in [-0.39, 0.29) is 11.1 Å². The molecule has 0 aliphatic carbocycles. The first kappa shape index (κ1) is 21.0. The molecule has 0 amide bonds. The van der Waals surface area contributed by atoms with E-state index in [2.05, 4.69) is 4.90 Å². The molecule has 28 heavy (non-hydrogen) atoms. The quantitative estimate of drug-likeness (QED) is 0.526. The molecule has 0 unspecified atom stereocenters. The average molecular weight is 392 g/mol. The van der Waals surface area contributed by atoms with Gasteiger partial charge in [-0.25, -0.2) is 4.79 Å². The van der Waals surface area contributed by atoms with Crippen LogP contribution < -0.4 is 11.0 Å². The van der Waals surface area contributed by atoms with Gasteiger partial charge in [0.2, 0.25) is 0 Å². The number of hydrogen-bond donors (Lipinski definition) is 0. The maximum Gasteiger partial charge on any atom is 0.496 e. The van der Waals surface area contributed by atoms with Gasteiger partial charge in [0.05, 0.1) is 31.5 Å². The maximum absolute atomic E-state index is 12.8. The van der Waals surface area contributed by atoms with Gasteiger partial charge in [0.15, 0.2) is 0 Å². The van der Waals surface area contributed by atoms with Crippen molar-refractivity contribution in [3.63, 3.8) is 0 Å². The van der Waals surface area contributed by atoms with Crippen molar-refractivity contribution in [3.8, 4) is 0 Å². The van der Waals surface area contributed by atoms with Crippen LogP contribution in [-0.2, 0) is 25.3 Å². The zero-order valence-electron chi connectivity index (χ0n) is 17.3. The lowest BCUT2D eigenvalue weighted by Crippen LogP contribution is -2.43. The third-order valence-corrected chi connectivity index (χ3v) is 5.80. The van der Waals surface area contributed by atoms with Crippen LogP contribution in [0.1, 0.15) is 38.1 Å². The average Bonchev–Trinajstić information content (AvgIpc) is 2.88. The summed E-state index contributed by atoms with van der Waals surface area (Å²) in [6.45, 7) is 12.0. The van der Waals surface area contributed by atoms with Crippen molar-refractivity contribution in [3.05, 3.63) is 28.2 Å². The van der Waals surface area contributed by atoms with Gasteiger partial charge >= 0.3 is 13.1 Å². The summed E-state index contributed by atoms with van der Waals surface area (Å²) in [4.78, 5) is 27.2. The molecule has 8 nitrogen and oxygen atoms in total. The van der Waals surface area contributed by atoms with Gasteiger partial charge in [-0.2, -0.15) is 0 Å². The number of morpholine rings is 1. The molecule has 2 fully saturated rings. The molecule has 0 aromatic carbocycles. The van der Waals surface area contributed by atoms with Gasteiger partial charge in [-0.05, 0) is 39.2 Å². The SMILES string of the molecule is COC(=O)c1cc(B2OC(C)(C)C(C)(C)O2)cn(CCN2CCOCC2)c1=O. The Hall–Kier alpha value is -1.68. The van der Waals surface area contributed by atoms with Crippen LogP contribution in [0.5, 0.6) is 0 Å². The van der Waals surface area contributed by atoms with E-state index >= 15 is 0 Å². The molecule has 0 N–H and O–H groups in total. The van der Waals surface area contributed by atoms with Crippen molar-refractivity contribution in [1.82, 2.24) is 9.47 Å². The number of aromatic nitrogens is 1. The minimum atomic E-state index is -0.663. The van der Waals surface area contributed by atoms with Crippen molar-refractivity contribution in [2.75, 3.05) is 40.0 Å². The third-order valence-electron chi connectivity index (χ3n) is 5.80. The van der Waals surface area contributed by atoms with Gasteiger partial charge in [0.25, 0.3) is 5.56 Å². The second-order valence-corrected chi connectivity index (χ2v) is 8.22. The fourth-order valence-corrected chi connectivity index (χ4v) is 3.26. The van der Waals surface area contributed by atoms with Gasteiger partial charge in [0, 0.05) is 32.4 Å². The molecule has 0 radical (unpaired) electrons. The second kappa shape index (κ2) is 7.98. The summed E-state index contributed by atoms with van der Waals surface area (Å²) in [6.07, 6.45) is 1.72. The molecular formula is C19H29BN2O6. The summed E-state index contributed by atoms with van der Waals surface area (Å²) in [5.74, 6) is -0.663. The molecule has 154 valence electrons. The Morgan fingerprint density at radius 2 is 1.75 bits per heavy atom. The molecule has 9 heteroatoms. The van der Waals surface area contributed by atoms with Crippen LogP contribution >= 0.6 is 0 Å². The first-order valence-electron chi connectivity index (χ1n) is 9.63. The minimum Gasteiger partial charge on any atom is -0.465 e. The highest BCUT2D eigenvalue weighted by atomic mass is 16.7. The largest absolute Gasteiger partial charge is 0.496 e. The Kier molecular flexibility index (Phi) is 6.00.